The van der Waals surface area contributed by atoms with Gasteiger partial charge in [-0.25, -0.2) is 0 Å². The summed E-state index contributed by atoms with van der Waals surface area (Å²) >= 11 is 3.44. The summed E-state index contributed by atoms with van der Waals surface area (Å²) in [6, 6.07) is 19.8. The van der Waals surface area contributed by atoms with Crippen molar-refractivity contribution in [2.75, 3.05) is 7.05 Å². The standard InChI is InChI=1S/C19H18BrN3O/c1-13-16(20)17(22-21-13)19(24)23(2)18(14-9-5-3-6-10-14)15-11-7-4-8-12-15/h3-12,18H,1-2H3,(H,21,22). The van der Waals surface area contributed by atoms with Gasteiger partial charge in [0, 0.05) is 12.7 Å². The highest BCUT2D eigenvalue weighted by Crippen LogP contribution is 2.30. The molecule has 1 amide bonds. The van der Waals surface area contributed by atoms with E-state index in [2.05, 4.69) is 26.1 Å². The van der Waals surface area contributed by atoms with E-state index in [4.69, 9.17) is 0 Å². The number of amides is 1. The molecular weight excluding hydrogens is 366 g/mol. The van der Waals surface area contributed by atoms with Crippen molar-refractivity contribution in [1.29, 1.82) is 0 Å². The minimum absolute atomic E-state index is 0.135. The summed E-state index contributed by atoms with van der Waals surface area (Å²) in [5.41, 5.74) is 3.35. The van der Waals surface area contributed by atoms with Crippen molar-refractivity contribution in [3.05, 3.63) is 87.7 Å². The Kier molecular flexibility index (Phi) is 4.81. The van der Waals surface area contributed by atoms with Crippen molar-refractivity contribution in [2.24, 2.45) is 0 Å². The van der Waals surface area contributed by atoms with Gasteiger partial charge in [0.15, 0.2) is 5.69 Å². The Balaban J connectivity index is 2.02. The zero-order valence-electron chi connectivity index (χ0n) is 13.5. The number of nitrogens with zero attached hydrogens (tertiary/aromatic N) is 2. The van der Waals surface area contributed by atoms with Gasteiger partial charge < -0.3 is 4.90 Å². The first-order valence-corrected chi connectivity index (χ1v) is 8.46. The van der Waals surface area contributed by atoms with Gasteiger partial charge >= 0.3 is 0 Å². The molecule has 0 unspecified atom stereocenters. The summed E-state index contributed by atoms with van der Waals surface area (Å²) in [4.78, 5) is 14.7. The zero-order chi connectivity index (χ0) is 17.1. The number of rotatable bonds is 4. The molecule has 0 aliphatic carbocycles. The Labute approximate surface area is 149 Å². The van der Waals surface area contributed by atoms with Crippen LogP contribution in [0.2, 0.25) is 0 Å². The fourth-order valence-corrected chi connectivity index (χ4v) is 3.10. The number of hydrogen-bond acceptors (Lipinski definition) is 2. The number of aryl methyl sites for hydroxylation is 1. The lowest BCUT2D eigenvalue weighted by Gasteiger charge is -2.28. The first-order chi connectivity index (χ1) is 11.6. The topological polar surface area (TPSA) is 49.0 Å². The van der Waals surface area contributed by atoms with E-state index in [-0.39, 0.29) is 11.9 Å². The molecule has 2 aromatic carbocycles. The highest BCUT2D eigenvalue weighted by atomic mass is 79.9. The van der Waals surface area contributed by atoms with E-state index >= 15 is 0 Å². The van der Waals surface area contributed by atoms with Crippen LogP contribution in [0.1, 0.15) is 33.4 Å². The van der Waals surface area contributed by atoms with Gasteiger partial charge in [-0.05, 0) is 34.0 Å². The molecule has 0 saturated heterocycles. The number of carbonyl (C=O) groups is 1. The van der Waals surface area contributed by atoms with E-state index in [9.17, 15) is 4.79 Å². The lowest BCUT2D eigenvalue weighted by atomic mass is 9.97. The van der Waals surface area contributed by atoms with Crippen LogP contribution in [0, 0.1) is 6.92 Å². The fourth-order valence-electron chi connectivity index (χ4n) is 2.75. The second-order valence-corrected chi connectivity index (χ2v) is 6.44. The van der Waals surface area contributed by atoms with Gasteiger partial charge in [-0.15, -0.1) is 0 Å². The third-order valence-corrected chi connectivity index (χ3v) is 4.98. The van der Waals surface area contributed by atoms with Crippen LogP contribution in [0.25, 0.3) is 0 Å². The Morgan fingerprint density at radius 1 is 1.04 bits per heavy atom. The molecule has 0 radical (unpaired) electrons. The summed E-state index contributed by atoms with van der Waals surface area (Å²) in [5.74, 6) is -0.135. The number of hydrogen-bond donors (Lipinski definition) is 1. The average molecular weight is 384 g/mol. The van der Waals surface area contributed by atoms with Gasteiger partial charge in [0.2, 0.25) is 0 Å². The van der Waals surface area contributed by atoms with Gasteiger partial charge in [0.1, 0.15) is 0 Å². The van der Waals surface area contributed by atoms with Gasteiger partial charge in [0.25, 0.3) is 5.91 Å². The largest absolute Gasteiger partial charge is 0.329 e. The summed E-state index contributed by atoms with van der Waals surface area (Å²) in [5, 5.41) is 6.99. The molecule has 1 aromatic heterocycles. The number of carbonyl (C=O) groups excluding carboxylic acids is 1. The van der Waals surface area contributed by atoms with Crippen LogP contribution in [0.5, 0.6) is 0 Å². The molecule has 0 saturated carbocycles. The molecular formula is C19H18BrN3O. The summed E-state index contributed by atoms with van der Waals surface area (Å²) < 4.78 is 0.708. The van der Waals surface area contributed by atoms with E-state index in [1.165, 1.54) is 0 Å². The maximum Gasteiger partial charge on any atom is 0.276 e. The smallest absolute Gasteiger partial charge is 0.276 e. The van der Waals surface area contributed by atoms with Crippen LogP contribution in [0.4, 0.5) is 0 Å². The Hall–Kier alpha value is -2.40. The molecule has 0 aliphatic rings. The highest BCUT2D eigenvalue weighted by Gasteiger charge is 2.27. The van der Waals surface area contributed by atoms with Crippen molar-refractivity contribution >= 4 is 21.8 Å². The van der Waals surface area contributed by atoms with E-state index in [1.807, 2.05) is 74.6 Å². The number of H-pyrrole nitrogens is 1. The van der Waals surface area contributed by atoms with Gasteiger partial charge in [-0.3, -0.25) is 9.89 Å². The van der Waals surface area contributed by atoms with Crippen molar-refractivity contribution in [3.8, 4) is 0 Å². The molecule has 0 fully saturated rings. The molecule has 0 atom stereocenters. The quantitative estimate of drug-likeness (QED) is 0.728. The summed E-state index contributed by atoms with van der Waals surface area (Å²) in [6.07, 6.45) is 0. The average Bonchev–Trinajstić information content (AvgIpc) is 2.95. The third-order valence-electron chi connectivity index (χ3n) is 4.01. The van der Waals surface area contributed by atoms with Crippen molar-refractivity contribution in [1.82, 2.24) is 15.1 Å². The van der Waals surface area contributed by atoms with Crippen LogP contribution in [-0.2, 0) is 0 Å². The molecule has 0 spiro atoms. The minimum atomic E-state index is -0.177. The third kappa shape index (κ3) is 3.12. The molecule has 0 bridgehead atoms. The van der Waals surface area contributed by atoms with Crippen LogP contribution < -0.4 is 0 Å². The number of nitrogens with one attached hydrogen (secondary N) is 1. The predicted molar refractivity (Wildman–Crippen MR) is 97.8 cm³/mol. The number of halogens is 1. The molecule has 3 rings (SSSR count). The van der Waals surface area contributed by atoms with Crippen molar-refractivity contribution < 1.29 is 4.79 Å². The number of aromatic nitrogens is 2. The Bertz CT molecular complexity index is 791. The lowest BCUT2D eigenvalue weighted by Crippen LogP contribution is -2.32. The van der Waals surface area contributed by atoms with Crippen LogP contribution >= 0.6 is 15.9 Å². The monoisotopic (exact) mass is 383 g/mol. The van der Waals surface area contributed by atoms with Crippen LogP contribution in [0.3, 0.4) is 0 Å². The molecule has 4 nitrogen and oxygen atoms in total. The molecule has 3 aromatic rings. The molecule has 24 heavy (non-hydrogen) atoms. The Morgan fingerprint density at radius 3 is 1.96 bits per heavy atom. The van der Waals surface area contributed by atoms with Crippen molar-refractivity contribution in [2.45, 2.75) is 13.0 Å². The second-order valence-electron chi connectivity index (χ2n) is 5.65. The minimum Gasteiger partial charge on any atom is -0.329 e. The normalized spacial score (nSPS) is 10.8. The molecule has 1 N–H and O–H groups in total. The lowest BCUT2D eigenvalue weighted by molar-refractivity contribution is 0.0748. The molecule has 0 aliphatic heterocycles. The zero-order valence-corrected chi connectivity index (χ0v) is 15.1. The molecule has 1 heterocycles. The van der Waals surface area contributed by atoms with E-state index < -0.39 is 0 Å². The molecule has 5 heteroatoms. The molecule has 122 valence electrons. The van der Waals surface area contributed by atoms with Crippen molar-refractivity contribution in [3.63, 3.8) is 0 Å². The van der Waals surface area contributed by atoms with Gasteiger partial charge in [-0.1, -0.05) is 60.7 Å². The maximum absolute atomic E-state index is 13.0. The first kappa shape index (κ1) is 16.5. The second kappa shape index (κ2) is 7.01. The van der Waals surface area contributed by atoms with Crippen LogP contribution in [-0.4, -0.2) is 28.1 Å². The number of aromatic amines is 1. The maximum atomic E-state index is 13.0. The first-order valence-electron chi connectivity index (χ1n) is 7.67. The van der Waals surface area contributed by atoms with Gasteiger partial charge in [0.05, 0.1) is 10.5 Å². The van der Waals surface area contributed by atoms with E-state index in [1.54, 1.807) is 4.90 Å². The summed E-state index contributed by atoms with van der Waals surface area (Å²) in [7, 11) is 1.81. The van der Waals surface area contributed by atoms with E-state index in [0.29, 0.717) is 10.2 Å². The Morgan fingerprint density at radius 2 is 1.54 bits per heavy atom. The SMILES string of the molecule is Cc1[nH]nc(C(=O)N(C)C(c2ccccc2)c2ccccc2)c1Br. The van der Waals surface area contributed by atoms with E-state index in [0.717, 1.165) is 16.8 Å². The highest BCUT2D eigenvalue weighted by molar-refractivity contribution is 9.10. The fraction of sp³-hybridized carbons (Fsp3) is 0.158. The van der Waals surface area contributed by atoms with Crippen LogP contribution in [0.15, 0.2) is 65.1 Å². The number of benzene rings is 2. The van der Waals surface area contributed by atoms with Gasteiger partial charge in [-0.2, -0.15) is 5.10 Å². The predicted octanol–water partition coefficient (Wildman–Crippen LogP) is 4.34. The summed E-state index contributed by atoms with van der Waals surface area (Å²) in [6.45, 7) is 1.87.